The van der Waals surface area contributed by atoms with Crippen LogP contribution in [-0.4, -0.2) is 31.4 Å². The molecule has 1 heterocycles. The third kappa shape index (κ3) is 4.23. The summed E-state index contributed by atoms with van der Waals surface area (Å²) in [6.45, 7) is 5.75. The maximum Gasteiger partial charge on any atom is 0.237 e. The normalized spacial score (nSPS) is 12.0. The Hall–Kier alpha value is -2.38. The molecule has 1 atom stereocenters. The number of nitrogens with zero attached hydrogens (tertiary/aromatic N) is 4. The predicted octanol–water partition coefficient (Wildman–Crippen LogP) is 4.05. The van der Waals surface area contributed by atoms with Crippen molar-refractivity contribution >= 4 is 35.0 Å². The van der Waals surface area contributed by atoms with Gasteiger partial charge < -0.3 is 5.32 Å². The molecular weight excluding hydrogens is 370 g/mol. The third-order valence-corrected chi connectivity index (χ3v) is 5.10. The zero-order valence-corrected chi connectivity index (χ0v) is 16.2. The van der Waals surface area contributed by atoms with Gasteiger partial charge in [-0.05, 0) is 61.0 Å². The molecular formula is C18H18ClN5OS. The second-order valence-corrected chi connectivity index (χ2v) is 7.66. The summed E-state index contributed by atoms with van der Waals surface area (Å²) >= 11 is 7.30. The minimum Gasteiger partial charge on any atom is -0.325 e. The van der Waals surface area contributed by atoms with Crippen molar-refractivity contribution in [1.29, 1.82) is 0 Å². The molecule has 0 unspecified atom stereocenters. The van der Waals surface area contributed by atoms with Crippen molar-refractivity contribution in [3.63, 3.8) is 0 Å². The van der Waals surface area contributed by atoms with E-state index in [2.05, 4.69) is 20.8 Å². The van der Waals surface area contributed by atoms with Crippen LogP contribution >= 0.6 is 23.4 Å². The first kappa shape index (κ1) is 18.4. The molecule has 0 fully saturated rings. The van der Waals surface area contributed by atoms with Crippen LogP contribution in [0, 0.1) is 13.8 Å². The second kappa shape index (κ2) is 7.88. The van der Waals surface area contributed by atoms with E-state index in [0.717, 1.165) is 16.8 Å². The highest BCUT2D eigenvalue weighted by molar-refractivity contribution is 8.00. The number of halogens is 1. The van der Waals surface area contributed by atoms with E-state index in [-0.39, 0.29) is 11.2 Å². The molecule has 134 valence electrons. The van der Waals surface area contributed by atoms with Gasteiger partial charge in [-0.2, -0.15) is 4.68 Å². The summed E-state index contributed by atoms with van der Waals surface area (Å²) in [5, 5.41) is 15.5. The van der Waals surface area contributed by atoms with Crippen molar-refractivity contribution in [2.45, 2.75) is 31.2 Å². The SMILES string of the molecule is Cc1ccc(-n2nnnc2S[C@@H](C)C(=O)Nc2cc(Cl)ccc2C)cc1. The van der Waals surface area contributed by atoms with Gasteiger partial charge >= 0.3 is 0 Å². The van der Waals surface area contributed by atoms with E-state index in [1.54, 1.807) is 16.8 Å². The monoisotopic (exact) mass is 387 g/mol. The first-order valence-electron chi connectivity index (χ1n) is 8.03. The van der Waals surface area contributed by atoms with E-state index in [1.165, 1.54) is 11.8 Å². The molecule has 0 saturated carbocycles. The number of carbonyl (C=O) groups is 1. The van der Waals surface area contributed by atoms with E-state index in [0.29, 0.717) is 15.9 Å². The lowest BCUT2D eigenvalue weighted by Gasteiger charge is -2.13. The highest BCUT2D eigenvalue weighted by atomic mass is 35.5. The summed E-state index contributed by atoms with van der Waals surface area (Å²) in [7, 11) is 0. The molecule has 6 nitrogen and oxygen atoms in total. The van der Waals surface area contributed by atoms with Gasteiger partial charge in [0.1, 0.15) is 0 Å². The fraction of sp³-hybridized carbons (Fsp3) is 0.222. The van der Waals surface area contributed by atoms with E-state index in [4.69, 9.17) is 11.6 Å². The van der Waals surface area contributed by atoms with Crippen LogP contribution in [0.5, 0.6) is 0 Å². The second-order valence-electron chi connectivity index (χ2n) is 5.92. The summed E-state index contributed by atoms with van der Waals surface area (Å²) in [5.41, 5.74) is 3.65. The van der Waals surface area contributed by atoms with Gasteiger partial charge in [0.25, 0.3) is 0 Å². The van der Waals surface area contributed by atoms with Gasteiger partial charge in [-0.25, -0.2) is 0 Å². The number of rotatable bonds is 5. The summed E-state index contributed by atoms with van der Waals surface area (Å²) in [6.07, 6.45) is 0. The molecule has 26 heavy (non-hydrogen) atoms. The molecule has 1 aromatic heterocycles. The van der Waals surface area contributed by atoms with Crippen molar-refractivity contribution < 1.29 is 4.79 Å². The molecule has 0 aliphatic heterocycles. The smallest absolute Gasteiger partial charge is 0.237 e. The largest absolute Gasteiger partial charge is 0.325 e. The van der Waals surface area contributed by atoms with Crippen molar-refractivity contribution in [2.75, 3.05) is 5.32 Å². The lowest BCUT2D eigenvalue weighted by molar-refractivity contribution is -0.115. The van der Waals surface area contributed by atoms with Crippen LogP contribution in [-0.2, 0) is 4.79 Å². The minimum absolute atomic E-state index is 0.140. The molecule has 0 aliphatic carbocycles. The predicted molar refractivity (Wildman–Crippen MR) is 104 cm³/mol. The maximum absolute atomic E-state index is 12.5. The van der Waals surface area contributed by atoms with E-state index >= 15 is 0 Å². The molecule has 8 heteroatoms. The highest BCUT2D eigenvalue weighted by Crippen LogP contribution is 2.25. The van der Waals surface area contributed by atoms with Gasteiger partial charge in [-0.15, -0.1) is 5.10 Å². The lowest BCUT2D eigenvalue weighted by Crippen LogP contribution is -2.23. The first-order chi connectivity index (χ1) is 12.4. The zero-order chi connectivity index (χ0) is 18.7. The van der Waals surface area contributed by atoms with Crippen LogP contribution in [0.2, 0.25) is 5.02 Å². The topological polar surface area (TPSA) is 72.7 Å². The first-order valence-corrected chi connectivity index (χ1v) is 9.29. The van der Waals surface area contributed by atoms with Crippen molar-refractivity contribution in [2.24, 2.45) is 0 Å². The number of anilines is 1. The summed E-state index contributed by atoms with van der Waals surface area (Å²) in [4.78, 5) is 12.5. The van der Waals surface area contributed by atoms with Gasteiger partial charge in [-0.1, -0.05) is 47.1 Å². The maximum atomic E-state index is 12.5. The average molecular weight is 388 g/mol. The van der Waals surface area contributed by atoms with Crippen molar-refractivity contribution in [3.8, 4) is 5.69 Å². The number of aryl methyl sites for hydroxylation is 2. The number of tetrazole rings is 1. The summed E-state index contributed by atoms with van der Waals surface area (Å²) < 4.78 is 1.62. The Balaban J connectivity index is 1.73. The Morgan fingerprint density at radius 1 is 1.19 bits per heavy atom. The van der Waals surface area contributed by atoms with Crippen LogP contribution in [0.25, 0.3) is 5.69 Å². The quantitative estimate of drug-likeness (QED) is 0.668. The Labute approximate surface area is 160 Å². The fourth-order valence-electron chi connectivity index (χ4n) is 2.28. The molecule has 3 rings (SSSR count). The van der Waals surface area contributed by atoms with Crippen LogP contribution in [0.3, 0.4) is 0 Å². The summed E-state index contributed by atoms with van der Waals surface area (Å²) in [6, 6.07) is 13.3. The number of aromatic nitrogens is 4. The van der Waals surface area contributed by atoms with Gasteiger partial charge in [0.2, 0.25) is 11.1 Å². The molecule has 1 N–H and O–H groups in total. The molecule has 0 radical (unpaired) electrons. The highest BCUT2D eigenvalue weighted by Gasteiger charge is 2.20. The fourth-order valence-corrected chi connectivity index (χ4v) is 3.26. The minimum atomic E-state index is -0.386. The van der Waals surface area contributed by atoms with Crippen LogP contribution < -0.4 is 5.32 Å². The molecule has 0 spiro atoms. The number of amides is 1. The summed E-state index contributed by atoms with van der Waals surface area (Å²) in [5.74, 6) is -0.140. The van der Waals surface area contributed by atoms with Gasteiger partial charge in [0, 0.05) is 10.7 Å². The van der Waals surface area contributed by atoms with Crippen molar-refractivity contribution in [3.05, 3.63) is 58.6 Å². The number of benzene rings is 2. The Morgan fingerprint density at radius 2 is 1.92 bits per heavy atom. The standard InChI is InChI=1S/C18H18ClN5OS/c1-11-4-8-15(9-5-11)24-18(21-22-23-24)26-13(3)17(25)20-16-10-14(19)7-6-12(16)2/h4-10,13H,1-3H3,(H,20,25)/t13-/m0/s1. The molecule has 1 amide bonds. The number of hydrogen-bond acceptors (Lipinski definition) is 5. The lowest BCUT2D eigenvalue weighted by atomic mass is 10.2. The third-order valence-electron chi connectivity index (χ3n) is 3.83. The van der Waals surface area contributed by atoms with Crippen LogP contribution in [0.4, 0.5) is 5.69 Å². The zero-order valence-electron chi connectivity index (χ0n) is 14.6. The Kier molecular flexibility index (Phi) is 5.58. The molecule has 0 aliphatic rings. The molecule has 3 aromatic rings. The van der Waals surface area contributed by atoms with Crippen LogP contribution in [0.15, 0.2) is 47.6 Å². The van der Waals surface area contributed by atoms with E-state index in [1.807, 2.05) is 51.1 Å². The van der Waals surface area contributed by atoms with Gasteiger partial charge in [-0.3, -0.25) is 4.79 Å². The number of nitrogens with one attached hydrogen (secondary N) is 1. The van der Waals surface area contributed by atoms with Crippen LogP contribution in [0.1, 0.15) is 18.1 Å². The van der Waals surface area contributed by atoms with Gasteiger partial charge in [0.15, 0.2) is 0 Å². The van der Waals surface area contributed by atoms with Gasteiger partial charge in [0.05, 0.1) is 10.9 Å². The Bertz CT molecular complexity index is 926. The Morgan fingerprint density at radius 3 is 2.65 bits per heavy atom. The number of thioether (sulfide) groups is 1. The van der Waals surface area contributed by atoms with E-state index < -0.39 is 0 Å². The van der Waals surface area contributed by atoms with E-state index in [9.17, 15) is 4.79 Å². The van der Waals surface area contributed by atoms with Crippen molar-refractivity contribution in [1.82, 2.24) is 20.2 Å². The number of hydrogen-bond donors (Lipinski definition) is 1. The molecule has 2 aromatic carbocycles. The molecule has 0 saturated heterocycles. The molecule has 0 bridgehead atoms. The average Bonchev–Trinajstić information content (AvgIpc) is 3.07. The number of carbonyl (C=O) groups excluding carboxylic acids is 1.